The van der Waals surface area contributed by atoms with Gasteiger partial charge in [-0.2, -0.15) is 8.42 Å². The van der Waals surface area contributed by atoms with Crippen molar-refractivity contribution in [1.29, 1.82) is 0 Å². The van der Waals surface area contributed by atoms with E-state index in [4.69, 9.17) is 0 Å². The number of halogens is 1. The number of hydrogen-bond acceptors (Lipinski definition) is 3. The molecule has 0 radical (unpaired) electrons. The van der Waals surface area contributed by atoms with Gasteiger partial charge in [0, 0.05) is 24.9 Å². The molecule has 0 N–H and O–H groups in total. The molecule has 1 aromatic carbocycles. The van der Waals surface area contributed by atoms with Gasteiger partial charge in [0.25, 0.3) is 0 Å². The summed E-state index contributed by atoms with van der Waals surface area (Å²) in [6.45, 7) is 2.28. The first-order valence-corrected chi connectivity index (χ1v) is 8.66. The molecule has 2 unspecified atom stereocenters. The van der Waals surface area contributed by atoms with Gasteiger partial charge in [-0.05, 0) is 25.3 Å². The third kappa shape index (κ3) is 4.81. The van der Waals surface area contributed by atoms with E-state index >= 15 is 0 Å². The number of aryl methyl sites for hydroxylation is 1. The Bertz CT molecular complexity index is 588. The minimum absolute atomic E-state index is 0.0324. The SMILES string of the molecule is CC(CCc1ccccc1)N1CC(CS(=O)(=O)F)CC1=O. The zero-order chi connectivity index (χ0) is 15.5. The van der Waals surface area contributed by atoms with Crippen molar-refractivity contribution in [2.24, 2.45) is 5.92 Å². The summed E-state index contributed by atoms with van der Waals surface area (Å²) >= 11 is 0. The predicted octanol–water partition coefficient (Wildman–Crippen LogP) is 2.16. The first kappa shape index (κ1) is 15.9. The Balaban J connectivity index is 1.88. The molecule has 4 nitrogen and oxygen atoms in total. The number of carbonyl (C=O) groups excluding carboxylic acids is 1. The maximum absolute atomic E-state index is 12.7. The first-order chi connectivity index (χ1) is 9.85. The summed E-state index contributed by atoms with van der Waals surface area (Å²) in [5.41, 5.74) is 1.21. The third-order valence-electron chi connectivity index (χ3n) is 3.90. The van der Waals surface area contributed by atoms with Crippen LogP contribution in [0.15, 0.2) is 30.3 Å². The van der Waals surface area contributed by atoms with Gasteiger partial charge in [-0.25, -0.2) is 0 Å². The number of amides is 1. The smallest absolute Gasteiger partial charge is 0.302 e. The Morgan fingerprint density at radius 3 is 2.62 bits per heavy atom. The third-order valence-corrected chi connectivity index (χ3v) is 4.77. The van der Waals surface area contributed by atoms with Gasteiger partial charge in [0.15, 0.2) is 0 Å². The van der Waals surface area contributed by atoms with Gasteiger partial charge < -0.3 is 4.90 Å². The number of carbonyl (C=O) groups is 1. The van der Waals surface area contributed by atoms with Gasteiger partial charge in [0.05, 0.1) is 5.75 Å². The van der Waals surface area contributed by atoms with E-state index in [9.17, 15) is 17.1 Å². The molecule has 1 heterocycles. The van der Waals surface area contributed by atoms with E-state index in [1.54, 1.807) is 4.90 Å². The van der Waals surface area contributed by atoms with Crippen LogP contribution in [0.5, 0.6) is 0 Å². The van der Waals surface area contributed by atoms with Crippen LogP contribution in [0.3, 0.4) is 0 Å². The van der Waals surface area contributed by atoms with Gasteiger partial charge in [-0.3, -0.25) is 4.79 Å². The molecule has 116 valence electrons. The monoisotopic (exact) mass is 313 g/mol. The fraction of sp³-hybridized carbons (Fsp3) is 0.533. The highest BCUT2D eigenvalue weighted by molar-refractivity contribution is 7.86. The highest BCUT2D eigenvalue weighted by Crippen LogP contribution is 2.23. The second kappa shape index (κ2) is 6.56. The maximum Gasteiger partial charge on any atom is 0.302 e. The molecule has 0 bridgehead atoms. The fourth-order valence-corrected chi connectivity index (χ4v) is 3.59. The van der Waals surface area contributed by atoms with Crippen LogP contribution in [0, 0.1) is 5.92 Å². The number of hydrogen-bond donors (Lipinski definition) is 0. The minimum Gasteiger partial charge on any atom is -0.340 e. The van der Waals surface area contributed by atoms with Crippen LogP contribution < -0.4 is 0 Å². The van der Waals surface area contributed by atoms with Crippen molar-refractivity contribution in [2.75, 3.05) is 12.3 Å². The van der Waals surface area contributed by atoms with E-state index < -0.39 is 21.9 Å². The second-order valence-electron chi connectivity index (χ2n) is 5.70. The maximum atomic E-state index is 12.7. The van der Waals surface area contributed by atoms with Crippen LogP contribution in [0.25, 0.3) is 0 Å². The minimum atomic E-state index is -4.51. The number of nitrogens with zero attached hydrogens (tertiary/aromatic N) is 1. The lowest BCUT2D eigenvalue weighted by atomic mass is 10.1. The van der Waals surface area contributed by atoms with Crippen molar-refractivity contribution in [3.8, 4) is 0 Å². The van der Waals surface area contributed by atoms with Crippen molar-refractivity contribution < 1.29 is 17.1 Å². The molecule has 1 amide bonds. The van der Waals surface area contributed by atoms with Gasteiger partial charge in [0.1, 0.15) is 0 Å². The Hall–Kier alpha value is -1.43. The molecule has 0 spiro atoms. The Labute approximate surface area is 125 Å². The van der Waals surface area contributed by atoms with Gasteiger partial charge >= 0.3 is 10.2 Å². The first-order valence-electron chi connectivity index (χ1n) is 7.11. The van der Waals surface area contributed by atoms with Crippen molar-refractivity contribution in [3.63, 3.8) is 0 Å². The van der Waals surface area contributed by atoms with Gasteiger partial charge in [0.2, 0.25) is 5.91 Å². The summed E-state index contributed by atoms with van der Waals surface area (Å²) in [4.78, 5) is 13.6. The topological polar surface area (TPSA) is 54.5 Å². The molecule has 2 atom stereocenters. The predicted molar refractivity (Wildman–Crippen MR) is 78.9 cm³/mol. The van der Waals surface area contributed by atoms with Crippen LogP contribution in [-0.4, -0.2) is 37.6 Å². The normalized spacial score (nSPS) is 20.8. The molecular weight excluding hydrogens is 293 g/mol. The Morgan fingerprint density at radius 2 is 2.00 bits per heavy atom. The van der Waals surface area contributed by atoms with Crippen LogP contribution >= 0.6 is 0 Å². The molecule has 0 aromatic heterocycles. The highest BCUT2D eigenvalue weighted by Gasteiger charge is 2.34. The number of rotatable bonds is 6. The van der Waals surface area contributed by atoms with Gasteiger partial charge in [-0.15, -0.1) is 3.89 Å². The molecule has 2 rings (SSSR count). The molecule has 0 aliphatic carbocycles. The lowest BCUT2D eigenvalue weighted by molar-refractivity contribution is -0.129. The zero-order valence-electron chi connectivity index (χ0n) is 12.0. The second-order valence-corrected chi connectivity index (χ2v) is 7.11. The molecule has 6 heteroatoms. The van der Waals surface area contributed by atoms with Crippen LogP contribution in [0.2, 0.25) is 0 Å². The Morgan fingerprint density at radius 1 is 1.33 bits per heavy atom. The average Bonchev–Trinajstić information content (AvgIpc) is 2.76. The molecule has 1 aromatic rings. The number of likely N-dealkylation sites (tertiary alicyclic amines) is 1. The lowest BCUT2D eigenvalue weighted by Crippen LogP contribution is -2.35. The molecule has 0 saturated carbocycles. The summed E-state index contributed by atoms with van der Waals surface area (Å²) in [5, 5.41) is 0. The van der Waals surface area contributed by atoms with Crippen LogP contribution in [-0.2, 0) is 21.4 Å². The summed E-state index contributed by atoms with van der Waals surface area (Å²) in [6, 6.07) is 10.0. The number of benzene rings is 1. The van der Waals surface area contributed by atoms with E-state index in [1.807, 2.05) is 37.3 Å². The molecular formula is C15H20FNO3S. The summed E-state index contributed by atoms with van der Waals surface area (Å²) in [7, 11) is -4.51. The Kier molecular flexibility index (Phi) is 4.98. The summed E-state index contributed by atoms with van der Waals surface area (Å²) in [5.74, 6) is -1.06. The van der Waals surface area contributed by atoms with Gasteiger partial charge in [-0.1, -0.05) is 30.3 Å². The quantitative estimate of drug-likeness (QED) is 0.756. The molecule has 1 aliphatic rings. The largest absolute Gasteiger partial charge is 0.340 e. The van der Waals surface area contributed by atoms with E-state index in [-0.39, 0.29) is 18.4 Å². The van der Waals surface area contributed by atoms with E-state index in [0.717, 1.165) is 12.8 Å². The highest BCUT2D eigenvalue weighted by atomic mass is 32.3. The average molecular weight is 313 g/mol. The lowest BCUT2D eigenvalue weighted by Gasteiger charge is -2.24. The summed E-state index contributed by atoms with van der Waals surface area (Å²) in [6.07, 6.45) is 1.79. The van der Waals surface area contributed by atoms with E-state index in [2.05, 4.69) is 0 Å². The van der Waals surface area contributed by atoms with Crippen molar-refractivity contribution in [3.05, 3.63) is 35.9 Å². The molecule has 1 aliphatic heterocycles. The van der Waals surface area contributed by atoms with E-state index in [1.165, 1.54) is 5.56 Å². The zero-order valence-corrected chi connectivity index (χ0v) is 12.9. The molecule has 21 heavy (non-hydrogen) atoms. The van der Waals surface area contributed by atoms with Crippen LogP contribution in [0.4, 0.5) is 3.89 Å². The fourth-order valence-electron chi connectivity index (χ4n) is 2.80. The standard InChI is InChI=1S/C15H20FNO3S/c1-12(7-8-13-5-3-2-4-6-13)17-10-14(9-15(17)18)11-21(16,19)20/h2-6,12,14H,7-11H2,1H3. The van der Waals surface area contributed by atoms with Crippen LogP contribution in [0.1, 0.15) is 25.3 Å². The molecule has 1 fully saturated rings. The van der Waals surface area contributed by atoms with Crippen molar-refractivity contribution in [2.45, 2.75) is 32.2 Å². The van der Waals surface area contributed by atoms with Crippen molar-refractivity contribution in [1.82, 2.24) is 4.90 Å². The van der Waals surface area contributed by atoms with E-state index in [0.29, 0.717) is 6.54 Å². The van der Waals surface area contributed by atoms with Crippen molar-refractivity contribution >= 4 is 16.1 Å². The summed E-state index contributed by atoms with van der Waals surface area (Å²) < 4.78 is 34.1. The molecule has 1 saturated heterocycles.